The van der Waals surface area contributed by atoms with Gasteiger partial charge in [0.2, 0.25) is 11.3 Å². The maximum absolute atomic E-state index is 5.54. The Morgan fingerprint density at radius 3 is 2.74 bits per heavy atom. The van der Waals surface area contributed by atoms with Crippen molar-refractivity contribution in [3.05, 3.63) is 24.4 Å². The van der Waals surface area contributed by atoms with Gasteiger partial charge in [0, 0.05) is 5.56 Å². The molecule has 1 aliphatic heterocycles. The third kappa shape index (κ3) is 1.67. The largest absolute Gasteiger partial charge is 0.486 e. The highest BCUT2D eigenvalue weighted by atomic mass is 16.6. The van der Waals surface area contributed by atoms with E-state index in [0.29, 0.717) is 36.0 Å². The van der Waals surface area contributed by atoms with Crippen LogP contribution in [-0.2, 0) is 0 Å². The molecule has 0 saturated heterocycles. The fourth-order valence-electron chi connectivity index (χ4n) is 1.94. The molecule has 7 nitrogen and oxygen atoms in total. The zero-order chi connectivity index (χ0) is 12.7. The minimum atomic E-state index is 0.382. The number of hydrogen-bond donors (Lipinski definition) is 0. The molecule has 0 fully saturated rings. The lowest BCUT2D eigenvalue weighted by molar-refractivity contribution is 0.171. The molecule has 0 unspecified atom stereocenters. The third-order valence-corrected chi connectivity index (χ3v) is 2.83. The predicted octanol–water partition coefficient (Wildman–Crippen LogP) is 1.45. The highest BCUT2D eigenvalue weighted by Gasteiger charge is 2.14. The number of aromatic nitrogens is 4. The van der Waals surface area contributed by atoms with Crippen LogP contribution in [0.1, 0.15) is 0 Å². The monoisotopic (exact) mass is 256 g/mol. The molecule has 7 heteroatoms. The van der Waals surface area contributed by atoms with Crippen LogP contribution < -0.4 is 9.47 Å². The van der Waals surface area contributed by atoms with Crippen molar-refractivity contribution < 1.29 is 14.1 Å². The average Bonchev–Trinajstić information content (AvgIpc) is 2.94. The van der Waals surface area contributed by atoms with Gasteiger partial charge >= 0.3 is 0 Å². The molecule has 0 bridgehead atoms. The van der Waals surface area contributed by atoms with Crippen LogP contribution in [-0.4, -0.2) is 33.5 Å². The van der Waals surface area contributed by atoms with Gasteiger partial charge in [-0.3, -0.25) is 0 Å². The number of nitrogens with zero attached hydrogens (tertiary/aromatic N) is 4. The fraction of sp³-hybridized carbons (Fsp3) is 0.167. The topological polar surface area (TPSA) is 83.2 Å². The number of rotatable bonds is 1. The van der Waals surface area contributed by atoms with Gasteiger partial charge in [0.05, 0.1) is 11.9 Å². The standard InChI is InChI=1S/C12H8N4O3/c1-2-9-10(18-4-3-17-9)5-7(1)8-6-13-11-12(14-8)16-19-15-11/h1-2,5-6H,3-4H2. The molecule has 3 aromatic rings. The van der Waals surface area contributed by atoms with Crippen molar-refractivity contribution in [3.8, 4) is 22.8 Å². The summed E-state index contributed by atoms with van der Waals surface area (Å²) in [6, 6.07) is 5.63. The van der Waals surface area contributed by atoms with Gasteiger partial charge in [-0.25, -0.2) is 14.6 Å². The van der Waals surface area contributed by atoms with Crippen LogP contribution in [0.3, 0.4) is 0 Å². The number of benzene rings is 1. The molecular formula is C12H8N4O3. The zero-order valence-electron chi connectivity index (χ0n) is 9.74. The lowest BCUT2D eigenvalue weighted by Gasteiger charge is -2.18. The van der Waals surface area contributed by atoms with Gasteiger partial charge in [0.25, 0.3) is 0 Å². The molecule has 0 atom stereocenters. The Kier molecular flexibility index (Phi) is 2.11. The maximum Gasteiger partial charge on any atom is 0.243 e. The summed E-state index contributed by atoms with van der Waals surface area (Å²) in [5.41, 5.74) is 2.33. The summed E-state index contributed by atoms with van der Waals surface area (Å²) in [7, 11) is 0. The van der Waals surface area contributed by atoms with Crippen molar-refractivity contribution in [2.75, 3.05) is 13.2 Å². The highest BCUT2D eigenvalue weighted by Crippen LogP contribution is 2.33. The predicted molar refractivity (Wildman–Crippen MR) is 63.8 cm³/mol. The molecule has 0 aliphatic carbocycles. The van der Waals surface area contributed by atoms with Crippen molar-refractivity contribution in [3.63, 3.8) is 0 Å². The van der Waals surface area contributed by atoms with E-state index >= 15 is 0 Å². The lowest BCUT2D eigenvalue weighted by atomic mass is 10.1. The number of ether oxygens (including phenoxy) is 2. The first-order valence-electron chi connectivity index (χ1n) is 5.75. The van der Waals surface area contributed by atoms with Crippen LogP contribution in [0, 0.1) is 0 Å². The molecular weight excluding hydrogens is 248 g/mol. The minimum Gasteiger partial charge on any atom is -0.486 e. The van der Waals surface area contributed by atoms with Crippen LogP contribution in [0.2, 0.25) is 0 Å². The molecule has 94 valence electrons. The summed E-state index contributed by atoms with van der Waals surface area (Å²) in [4.78, 5) is 8.46. The molecule has 3 heterocycles. The van der Waals surface area contributed by atoms with Crippen LogP contribution in [0.25, 0.3) is 22.6 Å². The van der Waals surface area contributed by atoms with E-state index in [2.05, 4.69) is 24.9 Å². The molecule has 2 aromatic heterocycles. The maximum atomic E-state index is 5.54. The van der Waals surface area contributed by atoms with Gasteiger partial charge in [-0.05, 0) is 28.5 Å². The quantitative estimate of drug-likeness (QED) is 0.651. The Bertz CT molecular complexity index is 756. The molecule has 0 saturated carbocycles. The second-order valence-corrected chi connectivity index (χ2v) is 4.03. The van der Waals surface area contributed by atoms with Crippen LogP contribution in [0.15, 0.2) is 29.0 Å². The second kappa shape index (κ2) is 3.91. The van der Waals surface area contributed by atoms with E-state index < -0.39 is 0 Å². The number of fused-ring (bicyclic) bond motifs is 2. The van der Waals surface area contributed by atoms with E-state index in [0.717, 1.165) is 11.3 Å². The van der Waals surface area contributed by atoms with Crippen LogP contribution in [0.5, 0.6) is 11.5 Å². The van der Waals surface area contributed by atoms with Gasteiger partial charge in [0.15, 0.2) is 11.5 Å². The van der Waals surface area contributed by atoms with Crippen LogP contribution in [0.4, 0.5) is 0 Å². The van der Waals surface area contributed by atoms with Crippen molar-refractivity contribution >= 4 is 11.3 Å². The Balaban J connectivity index is 1.82. The summed E-state index contributed by atoms with van der Waals surface area (Å²) < 4.78 is 15.6. The highest BCUT2D eigenvalue weighted by molar-refractivity contribution is 5.70. The lowest BCUT2D eigenvalue weighted by Crippen LogP contribution is -2.15. The van der Waals surface area contributed by atoms with E-state index in [1.165, 1.54) is 0 Å². The van der Waals surface area contributed by atoms with Crippen molar-refractivity contribution in [1.82, 2.24) is 20.3 Å². The molecule has 0 N–H and O–H groups in total. The van der Waals surface area contributed by atoms with Crippen LogP contribution >= 0.6 is 0 Å². The summed E-state index contributed by atoms with van der Waals surface area (Å²) in [6.07, 6.45) is 1.62. The van der Waals surface area contributed by atoms with Crippen molar-refractivity contribution in [1.29, 1.82) is 0 Å². The van der Waals surface area contributed by atoms with Gasteiger partial charge in [-0.2, -0.15) is 0 Å². The van der Waals surface area contributed by atoms with E-state index in [9.17, 15) is 0 Å². The van der Waals surface area contributed by atoms with Crippen molar-refractivity contribution in [2.45, 2.75) is 0 Å². The Hall–Kier alpha value is -2.70. The normalized spacial score (nSPS) is 13.7. The van der Waals surface area contributed by atoms with E-state index in [1.54, 1.807) is 6.20 Å². The minimum absolute atomic E-state index is 0.382. The smallest absolute Gasteiger partial charge is 0.243 e. The summed E-state index contributed by atoms with van der Waals surface area (Å²) in [5.74, 6) is 1.45. The molecule has 0 amide bonds. The van der Waals surface area contributed by atoms with Gasteiger partial charge < -0.3 is 9.47 Å². The number of hydrogen-bond acceptors (Lipinski definition) is 7. The van der Waals surface area contributed by atoms with E-state index in [-0.39, 0.29) is 0 Å². The first kappa shape index (κ1) is 10.2. The SMILES string of the molecule is c1cc2c(cc1-c1cnc3nonc3n1)OCCO2. The van der Waals surface area contributed by atoms with E-state index in [1.807, 2.05) is 18.2 Å². The van der Waals surface area contributed by atoms with Gasteiger partial charge in [0.1, 0.15) is 13.2 Å². The molecule has 1 aromatic carbocycles. The summed E-state index contributed by atoms with van der Waals surface area (Å²) in [6.45, 7) is 1.12. The van der Waals surface area contributed by atoms with Gasteiger partial charge in [-0.1, -0.05) is 0 Å². The third-order valence-electron chi connectivity index (χ3n) is 2.83. The molecule has 1 aliphatic rings. The summed E-state index contributed by atoms with van der Waals surface area (Å²) in [5, 5.41) is 7.30. The van der Waals surface area contributed by atoms with E-state index in [4.69, 9.17) is 9.47 Å². The first-order valence-corrected chi connectivity index (χ1v) is 5.75. The first-order chi connectivity index (χ1) is 9.40. The average molecular weight is 256 g/mol. The molecule has 0 spiro atoms. The molecule has 19 heavy (non-hydrogen) atoms. The summed E-state index contributed by atoms with van der Waals surface area (Å²) >= 11 is 0. The molecule has 0 radical (unpaired) electrons. The second-order valence-electron chi connectivity index (χ2n) is 4.03. The Morgan fingerprint density at radius 2 is 1.79 bits per heavy atom. The fourth-order valence-corrected chi connectivity index (χ4v) is 1.94. The zero-order valence-corrected chi connectivity index (χ0v) is 9.74. The molecule has 4 rings (SSSR count). The Morgan fingerprint density at radius 1 is 0.947 bits per heavy atom. The Labute approximate surface area is 107 Å². The van der Waals surface area contributed by atoms with Gasteiger partial charge in [-0.15, -0.1) is 0 Å². The van der Waals surface area contributed by atoms with Crippen molar-refractivity contribution in [2.24, 2.45) is 0 Å².